The van der Waals surface area contributed by atoms with Crippen LogP contribution in [0.2, 0.25) is 0 Å². The second kappa shape index (κ2) is 6.70. The van der Waals surface area contributed by atoms with Crippen molar-refractivity contribution in [3.8, 4) is 5.75 Å². The van der Waals surface area contributed by atoms with Crippen LogP contribution in [-0.2, 0) is 16.4 Å². The van der Waals surface area contributed by atoms with Gasteiger partial charge in [-0.25, -0.2) is 13.8 Å². The Balaban J connectivity index is 1.82. The van der Waals surface area contributed by atoms with Gasteiger partial charge in [-0.2, -0.15) is 0 Å². The van der Waals surface area contributed by atoms with E-state index in [1.165, 1.54) is 23.3 Å². The molecular weight excluding hydrogens is 354 g/mol. The molecular formula is C14H17N3O3S3. The summed E-state index contributed by atoms with van der Waals surface area (Å²) >= 11 is 2.77. The van der Waals surface area contributed by atoms with Gasteiger partial charge in [0.2, 0.25) is 0 Å². The van der Waals surface area contributed by atoms with Crippen LogP contribution in [0.4, 0.5) is 5.69 Å². The Morgan fingerprint density at radius 1 is 1.35 bits per heavy atom. The lowest BCUT2D eigenvalue weighted by Crippen LogP contribution is -2.36. The molecule has 1 aromatic carbocycles. The van der Waals surface area contributed by atoms with Crippen molar-refractivity contribution < 1.29 is 13.5 Å². The van der Waals surface area contributed by atoms with Crippen molar-refractivity contribution in [3.05, 3.63) is 35.9 Å². The largest absolute Gasteiger partial charge is 0.508 e. The summed E-state index contributed by atoms with van der Waals surface area (Å²) in [5.41, 5.74) is 4.59. The van der Waals surface area contributed by atoms with E-state index in [1.807, 2.05) is 13.0 Å². The number of hydrogen-bond donors (Lipinski definition) is 3. The van der Waals surface area contributed by atoms with Gasteiger partial charge in [-0.15, -0.1) is 16.2 Å². The van der Waals surface area contributed by atoms with Crippen LogP contribution >= 0.6 is 23.3 Å². The zero-order chi connectivity index (χ0) is 16.4. The lowest BCUT2D eigenvalue weighted by atomic mass is 10.2. The maximum atomic E-state index is 12.2. The van der Waals surface area contributed by atoms with E-state index in [1.54, 1.807) is 24.3 Å². The molecule has 1 aromatic heterocycles. The van der Waals surface area contributed by atoms with Crippen LogP contribution < -0.4 is 14.6 Å². The molecule has 0 atom stereocenters. The molecule has 9 heteroatoms. The highest BCUT2D eigenvalue weighted by atomic mass is 32.3. The Morgan fingerprint density at radius 2 is 2.17 bits per heavy atom. The number of aromatic hydroxyl groups is 1. The number of nitrogens with one attached hydrogen (secondary N) is 2. The van der Waals surface area contributed by atoms with Crippen LogP contribution in [0, 0.1) is 0 Å². The standard InChI is InChI=1S/C14H17N3O3S3/c1-2-15-16-23(19,20)13-8-10-6-7-17(22-14(10)21-13)11-4-3-5-12(18)9-11/h3-5,8-9,15-16,18H,2,6-7H2,1H3. The third kappa shape index (κ3) is 3.64. The summed E-state index contributed by atoms with van der Waals surface area (Å²) in [4.78, 5) is 2.36. The fourth-order valence-corrected chi connectivity index (χ4v) is 6.14. The number of benzene rings is 1. The Bertz CT molecular complexity index is 805. The minimum Gasteiger partial charge on any atom is -0.508 e. The molecule has 3 rings (SSSR count). The number of thiophene rings is 1. The third-order valence-electron chi connectivity index (χ3n) is 3.29. The number of phenolic OH excluding ortho intramolecular Hbond substituents is 1. The molecule has 0 aliphatic carbocycles. The van der Waals surface area contributed by atoms with Crippen LogP contribution in [0.15, 0.2) is 38.8 Å². The topological polar surface area (TPSA) is 81.7 Å². The van der Waals surface area contributed by atoms with E-state index < -0.39 is 10.0 Å². The first-order valence-corrected chi connectivity index (χ1v) is 10.2. The monoisotopic (exact) mass is 371 g/mol. The highest BCUT2D eigenvalue weighted by molar-refractivity contribution is 8.03. The number of hydrogen-bond acceptors (Lipinski definition) is 7. The van der Waals surface area contributed by atoms with Gasteiger partial charge in [-0.1, -0.05) is 13.0 Å². The first-order valence-electron chi connectivity index (χ1n) is 7.11. The number of nitrogens with zero attached hydrogens (tertiary/aromatic N) is 1. The van der Waals surface area contributed by atoms with Crippen LogP contribution in [0.5, 0.6) is 5.75 Å². The zero-order valence-corrected chi connectivity index (χ0v) is 14.9. The van der Waals surface area contributed by atoms with Gasteiger partial charge in [0, 0.05) is 19.2 Å². The Labute approximate surface area is 143 Å². The average molecular weight is 372 g/mol. The molecule has 0 spiro atoms. The van der Waals surface area contributed by atoms with Gasteiger partial charge in [-0.3, -0.25) is 0 Å². The zero-order valence-electron chi connectivity index (χ0n) is 12.4. The summed E-state index contributed by atoms with van der Waals surface area (Å²) in [7, 11) is -3.52. The van der Waals surface area contributed by atoms with Gasteiger partial charge < -0.3 is 9.41 Å². The predicted molar refractivity (Wildman–Crippen MR) is 93.3 cm³/mol. The molecule has 0 fully saturated rings. The molecule has 0 amide bonds. The smallest absolute Gasteiger partial charge is 0.262 e. The van der Waals surface area contributed by atoms with Gasteiger partial charge >= 0.3 is 0 Å². The van der Waals surface area contributed by atoms with Crippen LogP contribution in [0.1, 0.15) is 12.5 Å². The third-order valence-corrected chi connectivity index (χ3v) is 7.54. The predicted octanol–water partition coefficient (Wildman–Crippen LogP) is 2.33. The molecule has 0 saturated carbocycles. The van der Waals surface area contributed by atoms with Gasteiger partial charge in [0.1, 0.15) is 9.96 Å². The van der Waals surface area contributed by atoms with E-state index >= 15 is 0 Å². The highest BCUT2D eigenvalue weighted by Crippen LogP contribution is 2.42. The van der Waals surface area contributed by atoms with Crippen molar-refractivity contribution in [1.82, 2.24) is 10.3 Å². The summed E-state index contributed by atoms with van der Waals surface area (Å²) in [5, 5.41) is 9.60. The van der Waals surface area contributed by atoms with Crippen molar-refractivity contribution in [2.75, 3.05) is 17.4 Å². The molecule has 0 radical (unpaired) electrons. The van der Waals surface area contributed by atoms with Crippen molar-refractivity contribution in [2.24, 2.45) is 0 Å². The highest BCUT2D eigenvalue weighted by Gasteiger charge is 2.25. The summed E-state index contributed by atoms with van der Waals surface area (Å²) in [6.45, 7) is 3.10. The quantitative estimate of drug-likeness (QED) is 0.553. The minimum absolute atomic E-state index is 0.221. The fraction of sp³-hybridized carbons (Fsp3) is 0.286. The van der Waals surface area contributed by atoms with Crippen LogP contribution in [0.25, 0.3) is 0 Å². The molecule has 1 aliphatic heterocycles. The van der Waals surface area contributed by atoms with E-state index in [0.29, 0.717) is 10.8 Å². The molecule has 1 aliphatic rings. The number of fused-ring (bicyclic) bond motifs is 1. The average Bonchev–Trinajstić information content (AvgIpc) is 2.97. The number of rotatable bonds is 5. The number of phenols is 1. The summed E-state index contributed by atoms with van der Waals surface area (Å²) in [6.07, 6.45) is 0.769. The number of anilines is 1. The van der Waals surface area contributed by atoms with Gasteiger partial charge in [-0.05, 0) is 42.1 Å². The Morgan fingerprint density at radius 3 is 2.91 bits per heavy atom. The Hall–Kier alpha value is -1.26. The Kier molecular flexibility index (Phi) is 4.83. The van der Waals surface area contributed by atoms with E-state index in [-0.39, 0.29) is 5.75 Å². The normalized spacial score (nSPS) is 14.7. The molecule has 124 valence electrons. The molecule has 2 heterocycles. The first-order chi connectivity index (χ1) is 11.0. The molecule has 0 unspecified atom stereocenters. The van der Waals surface area contributed by atoms with Crippen molar-refractivity contribution in [1.29, 1.82) is 0 Å². The lowest BCUT2D eigenvalue weighted by Gasteiger charge is -2.27. The molecule has 0 saturated heterocycles. The lowest BCUT2D eigenvalue weighted by molar-refractivity contribution is 0.475. The van der Waals surface area contributed by atoms with E-state index in [2.05, 4.69) is 14.6 Å². The van der Waals surface area contributed by atoms with Gasteiger partial charge in [0.25, 0.3) is 10.0 Å². The van der Waals surface area contributed by atoms with Gasteiger partial charge in [0.15, 0.2) is 0 Å². The summed E-state index contributed by atoms with van der Waals surface area (Å²) < 4.78 is 27.7. The SMILES string of the molecule is CCNNS(=O)(=O)c1cc2c(s1)SN(c1cccc(O)c1)CC2. The van der Waals surface area contributed by atoms with E-state index in [9.17, 15) is 13.5 Å². The fourth-order valence-electron chi connectivity index (χ4n) is 2.19. The summed E-state index contributed by atoms with van der Waals surface area (Å²) in [5.74, 6) is 0.221. The molecule has 3 N–H and O–H groups in total. The molecule has 23 heavy (non-hydrogen) atoms. The maximum absolute atomic E-state index is 12.2. The molecule has 0 bridgehead atoms. The second-order valence-corrected chi connectivity index (χ2v) is 9.23. The number of sulfonamides is 1. The maximum Gasteiger partial charge on any atom is 0.262 e. The summed E-state index contributed by atoms with van der Waals surface area (Å²) in [6, 6.07) is 8.80. The van der Waals surface area contributed by atoms with Crippen molar-refractivity contribution >= 4 is 39.0 Å². The van der Waals surface area contributed by atoms with Crippen molar-refractivity contribution in [2.45, 2.75) is 21.8 Å². The van der Waals surface area contributed by atoms with Crippen molar-refractivity contribution in [3.63, 3.8) is 0 Å². The second-order valence-electron chi connectivity index (χ2n) is 4.98. The minimum atomic E-state index is -3.52. The van der Waals surface area contributed by atoms with Crippen LogP contribution in [-0.4, -0.2) is 26.6 Å². The van der Waals surface area contributed by atoms with E-state index in [0.717, 1.165) is 28.4 Å². The number of hydrazine groups is 1. The van der Waals surface area contributed by atoms with Crippen LogP contribution in [0.3, 0.4) is 0 Å². The van der Waals surface area contributed by atoms with Gasteiger partial charge in [0.05, 0.1) is 9.90 Å². The van der Waals surface area contributed by atoms with E-state index in [4.69, 9.17) is 0 Å². The molecule has 6 nitrogen and oxygen atoms in total. The molecule has 2 aromatic rings. The first kappa shape index (κ1) is 16.6.